The van der Waals surface area contributed by atoms with Crippen LogP contribution in [0.25, 0.3) is 10.9 Å². The predicted molar refractivity (Wildman–Crippen MR) is 225 cm³/mol. The second-order valence-electron chi connectivity index (χ2n) is 15.3. The van der Waals surface area contributed by atoms with Crippen molar-refractivity contribution in [3.05, 3.63) is 141 Å². The zero-order valence-electron chi connectivity index (χ0n) is 33.3. The maximum atomic E-state index is 13.2. The number of carbonyl (C=O) groups is 3. The molecule has 2 amide bonds. The van der Waals surface area contributed by atoms with Gasteiger partial charge in [-0.25, -0.2) is 9.59 Å². The van der Waals surface area contributed by atoms with Gasteiger partial charge in [0.05, 0.1) is 23.2 Å². The van der Waals surface area contributed by atoms with Crippen molar-refractivity contribution in [3.63, 3.8) is 0 Å². The molecule has 1 aromatic heterocycles. The third-order valence-electron chi connectivity index (χ3n) is 11.1. The molecule has 14 nitrogen and oxygen atoms in total. The average molecular weight is 818 g/mol. The van der Waals surface area contributed by atoms with Gasteiger partial charge in [0.25, 0.3) is 5.91 Å². The SMILES string of the molecule is O=C(COC(=O)c1ccc(COc2cccc(C(NC(=O)OC3CN4CCC3CC4)c3ccccc3)c2)cc1)NCCCCNCC(O)c1ccc(O)c2[nH]c(=O)ccc12. The number of benzene rings is 4. The molecule has 3 fully saturated rings. The molecule has 14 heteroatoms. The fourth-order valence-electron chi connectivity index (χ4n) is 7.79. The predicted octanol–water partition coefficient (Wildman–Crippen LogP) is 5.10. The molecule has 5 aromatic rings. The maximum absolute atomic E-state index is 13.2. The molecule has 2 bridgehead atoms. The average Bonchev–Trinajstić information content (AvgIpc) is 3.27. The van der Waals surface area contributed by atoms with E-state index in [9.17, 15) is 29.4 Å². The van der Waals surface area contributed by atoms with Crippen molar-refractivity contribution in [1.29, 1.82) is 0 Å². The molecule has 0 spiro atoms. The standard InChI is InChI=1S/C46H51N5O9/c52-38-17-15-36(37-16-18-41(54)49-44(37)38)39(53)26-47-21-4-5-22-48-42(55)29-59-45(56)33-13-11-30(12-14-33)28-58-35-10-6-9-34(25-35)43(32-7-2-1-3-8-32)50-46(57)60-40-27-51-23-19-31(40)20-24-51/h1-3,6-18,25,31,39-40,43,47,52-53H,4-5,19-24,26-29H2,(H,48,55)(H,49,54)(H,50,57). The Hall–Kier alpha value is -6.22. The Balaban J connectivity index is 0.807. The van der Waals surface area contributed by atoms with Crippen LogP contribution in [0.4, 0.5) is 4.79 Å². The van der Waals surface area contributed by atoms with Crippen LogP contribution in [-0.4, -0.2) is 90.0 Å². The quantitative estimate of drug-likeness (QED) is 0.0510. The summed E-state index contributed by atoms with van der Waals surface area (Å²) in [6, 6.07) is 29.7. The Morgan fingerprint density at radius 3 is 2.40 bits per heavy atom. The number of phenols is 1. The lowest BCUT2D eigenvalue weighted by Crippen LogP contribution is -2.52. The van der Waals surface area contributed by atoms with E-state index < -0.39 is 36.7 Å². The fraction of sp³-hybridized carbons (Fsp3) is 0.348. The molecule has 314 valence electrons. The van der Waals surface area contributed by atoms with E-state index in [1.54, 1.807) is 36.4 Å². The second-order valence-corrected chi connectivity index (χ2v) is 15.3. The molecule has 3 atom stereocenters. The molecule has 0 saturated carbocycles. The number of esters is 1. The molecule has 6 N–H and O–H groups in total. The highest BCUT2D eigenvalue weighted by Crippen LogP contribution is 2.31. The van der Waals surface area contributed by atoms with Gasteiger partial charge in [0.2, 0.25) is 5.56 Å². The second kappa shape index (κ2) is 20.2. The summed E-state index contributed by atoms with van der Waals surface area (Å²) in [5, 5.41) is 30.3. The molecular formula is C46H51N5O9. The number of unbranched alkanes of at least 4 members (excludes halogenated alkanes) is 1. The smallest absolute Gasteiger partial charge is 0.408 e. The Bertz CT molecular complexity index is 2290. The fourth-order valence-corrected chi connectivity index (χ4v) is 7.79. The summed E-state index contributed by atoms with van der Waals surface area (Å²) in [6.07, 6.45) is 2.10. The number of piperidine rings is 3. The van der Waals surface area contributed by atoms with E-state index in [4.69, 9.17) is 14.2 Å². The summed E-state index contributed by atoms with van der Waals surface area (Å²) in [5.74, 6) is -0.0725. The topological polar surface area (TPSA) is 192 Å². The number of aromatic nitrogens is 1. The van der Waals surface area contributed by atoms with Crippen LogP contribution in [0, 0.1) is 5.92 Å². The van der Waals surface area contributed by atoms with Gasteiger partial charge in [-0.05, 0) is 110 Å². The molecule has 0 radical (unpaired) electrons. The minimum absolute atomic E-state index is 0.0671. The van der Waals surface area contributed by atoms with Crippen molar-refractivity contribution >= 4 is 28.9 Å². The Labute approximate surface area is 347 Å². The lowest BCUT2D eigenvalue weighted by Gasteiger charge is -2.43. The Morgan fingerprint density at radius 1 is 0.867 bits per heavy atom. The molecule has 3 unspecified atom stereocenters. The number of alkyl carbamates (subject to hydrolysis) is 1. The number of ether oxygens (including phenoxy) is 3. The molecule has 0 aliphatic carbocycles. The highest BCUT2D eigenvalue weighted by Gasteiger charge is 2.37. The van der Waals surface area contributed by atoms with Gasteiger partial charge in [-0.1, -0.05) is 60.7 Å². The number of hydrogen-bond acceptors (Lipinski definition) is 11. The summed E-state index contributed by atoms with van der Waals surface area (Å²) in [5.41, 5.74) is 3.41. The molecule has 4 aromatic carbocycles. The Kier molecular flexibility index (Phi) is 14.1. The van der Waals surface area contributed by atoms with Gasteiger partial charge in [-0.3, -0.25) is 14.5 Å². The van der Waals surface area contributed by atoms with Gasteiger partial charge in [0.1, 0.15) is 24.2 Å². The van der Waals surface area contributed by atoms with E-state index in [0.29, 0.717) is 47.7 Å². The first-order chi connectivity index (χ1) is 29.2. The maximum Gasteiger partial charge on any atom is 0.408 e. The van der Waals surface area contributed by atoms with E-state index in [1.807, 2.05) is 54.6 Å². The van der Waals surface area contributed by atoms with Crippen molar-refractivity contribution in [2.75, 3.05) is 45.9 Å². The van der Waals surface area contributed by atoms with Crippen LogP contribution in [0.3, 0.4) is 0 Å². The zero-order chi connectivity index (χ0) is 41.8. The number of pyridine rings is 1. The van der Waals surface area contributed by atoms with Gasteiger partial charge in [-0.2, -0.15) is 0 Å². The van der Waals surface area contributed by atoms with Gasteiger partial charge < -0.3 is 45.4 Å². The summed E-state index contributed by atoms with van der Waals surface area (Å²) >= 11 is 0. The van der Waals surface area contributed by atoms with Crippen molar-refractivity contribution in [1.82, 2.24) is 25.8 Å². The third kappa shape index (κ3) is 11.1. The Morgan fingerprint density at radius 2 is 1.63 bits per heavy atom. The number of carbonyl (C=O) groups excluding carboxylic acids is 3. The van der Waals surface area contributed by atoms with E-state index in [2.05, 4.69) is 25.8 Å². The first-order valence-corrected chi connectivity index (χ1v) is 20.4. The van der Waals surface area contributed by atoms with Crippen LogP contribution in [0.2, 0.25) is 0 Å². The molecule has 3 aliphatic heterocycles. The minimum Gasteiger partial charge on any atom is -0.506 e. The first-order valence-electron chi connectivity index (χ1n) is 20.4. The van der Waals surface area contributed by atoms with Gasteiger partial charge >= 0.3 is 12.1 Å². The van der Waals surface area contributed by atoms with Crippen molar-refractivity contribution in [2.24, 2.45) is 5.92 Å². The highest BCUT2D eigenvalue weighted by molar-refractivity contribution is 5.91. The van der Waals surface area contributed by atoms with Gasteiger partial charge in [0.15, 0.2) is 6.61 Å². The summed E-state index contributed by atoms with van der Waals surface area (Å²) < 4.78 is 17.3. The van der Waals surface area contributed by atoms with Gasteiger partial charge in [0, 0.05) is 31.1 Å². The summed E-state index contributed by atoms with van der Waals surface area (Å²) in [4.78, 5) is 54.8. The number of amides is 2. The number of nitrogens with zero attached hydrogens (tertiary/aromatic N) is 1. The molecule has 3 saturated heterocycles. The number of aromatic amines is 1. The summed E-state index contributed by atoms with van der Waals surface area (Å²) in [7, 11) is 0. The number of fused-ring (bicyclic) bond motifs is 4. The van der Waals surface area contributed by atoms with Crippen LogP contribution in [0.15, 0.2) is 108 Å². The van der Waals surface area contributed by atoms with E-state index >= 15 is 0 Å². The van der Waals surface area contributed by atoms with Crippen LogP contribution < -0.4 is 26.2 Å². The molecule has 3 aliphatic rings. The first kappa shape index (κ1) is 41.9. The number of aromatic hydroxyl groups is 1. The number of nitrogens with one attached hydrogen (secondary N) is 4. The van der Waals surface area contributed by atoms with Crippen LogP contribution in [0.1, 0.15) is 70.4 Å². The number of rotatable bonds is 18. The monoisotopic (exact) mass is 817 g/mol. The highest BCUT2D eigenvalue weighted by atomic mass is 16.6. The molecule has 4 heterocycles. The number of aliphatic hydroxyl groups excluding tert-OH is 1. The van der Waals surface area contributed by atoms with Crippen molar-refractivity contribution in [3.8, 4) is 11.5 Å². The van der Waals surface area contributed by atoms with E-state index in [-0.39, 0.29) is 36.1 Å². The lowest BCUT2D eigenvalue weighted by molar-refractivity contribution is -0.124. The third-order valence-corrected chi connectivity index (χ3v) is 11.1. The van der Waals surface area contributed by atoms with Gasteiger partial charge in [-0.15, -0.1) is 0 Å². The number of aliphatic hydroxyl groups is 1. The lowest BCUT2D eigenvalue weighted by atomic mass is 9.86. The number of hydrogen-bond donors (Lipinski definition) is 6. The van der Waals surface area contributed by atoms with Crippen molar-refractivity contribution < 1.29 is 38.8 Å². The summed E-state index contributed by atoms with van der Waals surface area (Å²) in [6.45, 7) is 3.99. The molecule has 60 heavy (non-hydrogen) atoms. The van der Waals surface area contributed by atoms with E-state index in [1.165, 1.54) is 12.1 Å². The molecule has 8 rings (SSSR count). The van der Waals surface area contributed by atoms with Crippen LogP contribution in [-0.2, 0) is 20.9 Å². The molecular weight excluding hydrogens is 767 g/mol. The van der Waals surface area contributed by atoms with E-state index in [0.717, 1.165) is 55.6 Å². The number of H-pyrrole nitrogens is 1. The normalized spacial score (nSPS) is 18.0. The largest absolute Gasteiger partial charge is 0.506 e. The zero-order valence-corrected chi connectivity index (χ0v) is 33.3. The van der Waals surface area contributed by atoms with Crippen LogP contribution >= 0.6 is 0 Å². The van der Waals surface area contributed by atoms with Crippen LogP contribution in [0.5, 0.6) is 11.5 Å². The number of phenolic OH excluding ortho intramolecular Hbond substituents is 1. The minimum atomic E-state index is -0.858. The van der Waals surface area contributed by atoms with Crippen molar-refractivity contribution in [2.45, 2.75) is 50.5 Å².